The molecule has 0 unspecified atom stereocenters. The molecule has 10 heteroatoms. The van der Waals surface area contributed by atoms with E-state index in [-0.39, 0.29) is 23.4 Å². The first-order valence-corrected chi connectivity index (χ1v) is 11.0. The van der Waals surface area contributed by atoms with Crippen LogP contribution >= 0.6 is 23.4 Å². The topological polar surface area (TPSA) is 88.9 Å². The number of nitrogens with zero attached hydrogens (tertiary/aromatic N) is 3. The number of anilines is 1. The Morgan fingerprint density at radius 1 is 1.19 bits per heavy atom. The normalized spacial score (nSPS) is 11.6. The van der Waals surface area contributed by atoms with Crippen molar-refractivity contribution in [2.45, 2.75) is 24.7 Å². The number of rotatable bonds is 9. The highest BCUT2D eigenvalue weighted by atomic mass is 35.5. The Balaban J connectivity index is 1.65. The van der Waals surface area contributed by atoms with Gasteiger partial charge in [-0.1, -0.05) is 29.4 Å². The van der Waals surface area contributed by atoms with Crippen LogP contribution < -0.4 is 10.6 Å². The van der Waals surface area contributed by atoms with Gasteiger partial charge in [0.2, 0.25) is 5.91 Å². The summed E-state index contributed by atoms with van der Waals surface area (Å²) >= 11 is 7.07. The average Bonchev–Trinajstić information content (AvgIpc) is 3.17. The molecule has 0 saturated heterocycles. The Bertz CT molecular complexity index is 1100. The Hall–Kier alpha value is -3.17. The van der Waals surface area contributed by atoms with Crippen molar-refractivity contribution >= 4 is 40.9 Å². The summed E-state index contributed by atoms with van der Waals surface area (Å²) in [6.45, 7) is 5.96. The van der Waals surface area contributed by atoms with E-state index in [4.69, 9.17) is 11.6 Å². The van der Waals surface area contributed by atoms with E-state index in [1.54, 1.807) is 41.8 Å². The molecule has 1 aromatic heterocycles. The molecule has 1 atom stereocenters. The van der Waals surface area contributed by atoms with Crippen molar-refractivity contribution in [3.63, 3.8) is 0 Å². The van der Waals surface area contributed by atoms with Crippen molar-refractivity contribution in [2.24, 2.45) is 0 Å². The fourth-order valence-electron chi connectivity index (χ4n) is 2.83. The van der Waals surface area contributed by atoms with Crippen LogP contribution in [0.25, 0.3) is 0 Å². The maximum Gasteiger partial charge on any atom is 0.251 e. The highest BCUT2D eigenvalue weighted by Crippen LogP contribution is 2.22. The predicted octanol–water partition coefficient (Wildman–Crippen LogP) is 4.48. The number of amides is 2. The van der Waals surface area contributed by atoms with Crippen LogP contribution in [0, 0.1) is 5.82 Å². The van der Waals surface area contributed by atoms with E-state index in [0.29, 0.717) is 33.8 Å². The van der Waals surface area contributed by atoms with E-state index in [0.717, 1.165) is 0 Å². The molecule has 0 bridgehead atoms. The molecule has 7 nitrogen and oxygen atoms in total. The number of aromatic nitrogens is 3. The van der Waals surface area contributed by atoms with Crippen molar-refractivity contribution in [3.8, 4) is 0 Å². The summed E-state index contributed by atoms with van der Waals surface area (Å²) in [4.78, 5) is 24.7. The van der Waals surface area contributed by atoms with Crippen LogP contribution in [0.2, 0.25) is 5.02 Å². The van der Waals surface area contributed by atoms with Crippen LogP contribution in [0.15, 0.2) is 66.3 Å². The van der Waals surface area contributed by atoms with Crippen LogP contribution in [0.5, 0.6) is 0 Å². The molecule has 3 rings (SSSR count). The number of hydrogen-bond acceptors (Lipinski definition) is 5. The molecule has 1 heterocycles. The smallest absolute Gasteiger partial charge is 0.251 e. The van der Waals surface area contributed by atoms with Gasteiger partial charge < -0.3 is 15.2 Å². The van der Waals surface area contributed by atoms with Crippen molar-refractivity contribution in [1.29, 1.82) is 0 Å². The van der Waals surface area contributed by atoms with Gasteiger partial charge in [0.05, 0.1) is 11.8 Å². The lowest BCUT2D eigenvalue weighted by Crippen LogP contribution is -2.28. The molecule has 2 N–H and O–H groups in total. The van der Waals surface area contributed by atoms with Gasteiger partial charge >= 0.3 is 0 Å². The summed E-state index contributed by atoms with van der Waals surface area (Å²) in [5.74, 6) is -0.290. The van der Waals surface area contributed by atoms with Gasteiger partial charge in [-0.2, -0.15) is 0 Å². The van der Waals surface area contributed by atoms with Crippen LogP contribution in [0.3, 0.4) is 0 Å². The summed E-state index contributed by atoms with van der Waals surface area (Å²) < 4.78 is 14.8. The van der Waals surface area contributed by atoms with Gasteiger partial charge in [0.1, 0.15) is 5.82 Å². The molecule has 0 aliphatic carbocycles. The lowest BCUT2D eigenvalue weighted by Gasteiger charge is -2.15. The molecule has 0 saturated carbocycles. The van der Waals surface area contributed by atoms with E-state index < -0.39 is 6.04 Å². The summed E-state index contributed by atoms with van der Waals surface area (Å²) in [7, 11) is 0. The molecule has 3 aromatic rings. The van der Waals surface area contributed by atoms with Crippen LogP contribution in [-0.4, -0.2) is 32.3 Å². The first-order chi connectivity index (χ1) is 15.4. The molecule has 0 radical (unpaired) electrons. The second kappa shape index (κ2) is 10.9. The zero-order chi connectivity index (χ0) is 23.1. The molecule has 0 aliphatic heterocycles. The van der Waals surface area contributed by atoms with Gasteiger partial charge in [0, 0.05) is 22.8 Å². The number of nitrogens with one attached hydrogen (secondary N) is 2. The average molecular weight is 474 g/mol. The highest BCUT2D eigenvalue weighted by molar-refractivity contribution is 7.99. The van der Waals surface area contributed by atoms with Gasteiger partial charge in [-0.25, -0.2) is 4.39 Å². The third kappa shape index (κ3) is 6.18. The molecule has 0 aliphatic rings. The SMILES string of the molecule is C=CCn1c(SCC(=O)Nc2ccc(F)cc2)nnc1[C@@H](C)NC(=O)c1ccc(Cl)cc1. The van der Waals surface area contributed by atoms with Gasteiger partial charge in [-0.15, -0.1) is 16.8 Å². The number of carbonyl (C=O) groups excluding carboxylic acids is 2. The minimum atomic E-state index is -0.437. The number of allylic oxidation sites excluding steroid dienone is 1. The third-order valence-corrected chi connectivity index (χ3v) is 5.58. The van der Waals surface area contributed by atoms with Crippen molar-refractivity contribution < 1.29 is 14.0 Å². The van der Waals surface area contributed by atoms with Crippen LogP contribution in [0.4, 0.5) is 10.1 Å². The summed E-state index contributed by atoms with van der Waals surface area (Å²) in [5.41, 5.74) is 0.979. The third-order valence-electron chi connectivity index (χ3n) is 4.36. The highest BCUT2D eigenvalue weighted by Gasteiger charge is 2.20. The summed E-state index contributed by atoms with van der Waals surface area (Å²) in [6, 6.07) is 11.7. The standard InChI is InChI=1S/C22H21ClFN5O2S/c1-3-12-29-20(14(2)25-21(31)15-4-6-16(23)7-5-15)27-28-22(29)32-13-19(30)26-18-10-8-17(24)9-11-18/h3-11,14H,1,12-13H2,2H3,(H,25,31)(H,26,30)/t14-/m1/s1. The van der Waals surface area contributed by atoms with Crippen molar-refractivity contribution in [3.05, 3.63) is 83.4 Å². The van der Waals surface area contributed by atoms with Gasteiger partial charge in [0.25, 0.3) is 5.91 Å². The fraction of sp³-hybridized carbons (Fsp3) is 0.182. The Morgan fingerprint density at radius 3 is 2.53 bits per heavy atom. The minimum Gasteiger partial charge on any atom is -0.342 e. The monoisotopic (exact) mass is 473 g/mol. The van der Waals surface area contributed by atoms with E-state index in [1.165, 1.54) is 36.0 Å². The zero-order valence-electron chi connectivity index (χ0n) is 17.2. The lowest BCUT2D eigenvalue weighted by atomic mass is 10.2. The van der Waals surface area contributed by atoms with E-state index in [2.05, 4.69) is 27.4 Å². The fourth-order valence-corrected chi connectivity index (χ4v) is 3.71. The first-order valence-electron chi connectivity index (χ1n) is 9.66. The minimum absolute atomic E-state index is 0.0815. The number of halogens is 2. The van der Waals surface area contributed by atoms with Crippen LogP contribution in [-0.2, 0) is 11.3 Å². The number of carbonyl (C=O) groups is 2. The molecule has 2 aromatic carbocycles. The quantitative estimate of drug-likeness (QED) is 0.353. The number of benzene rings is 2. The van der Waals surface area contributed by atoms with Crippen molar-refractivity contribution in [1.82, 2.24) is 20.1 Å². The van der Waals surface area contributed by atoms with Gasteiger partial charge in [-0.3, -0.25) is 9.59 Å². The Labute approximate surface area is 194 Å². The van der Waals surface area contributed by atoms with Crippen LogP contribution in [0.1, 0.15) is 29.1 Å². The molecular weight excluding hydrogens is 453 g/mol. The Kier molecular flexibility index (Phi) is 8.02. The lowest BCUT2D eigenvalue weighted by molar-refractivity contribution is -0.113. The number of thioether (sulfide) groups is 1. The molecular formula is C22H21ClFN5O2S. The zero-order valence-corrected chi connectivity index (χ0v) is 18.8. The molecule has 0 spiro atoms. The van der Waals surface area contributed by atoms with E-state index in [9.17, 15) is 14.0 Å². The van der Waals surface area contributed by atoms with Gasteiger partial charge in [-0.05, 0) is 55.5 Å². The molecule has 2 amide bonds. The second-order valence-electron chi connectivity index (χ2n) is 6.79. The van der Waals surface area contributed by atoms with E-state index >= 15 is 0 Å². The first kappa shape index (κ1) is 23.5. The number of hydrogen-bond donors (Lipinski definition) is 2. The molecule has 0 fully saturated rings. The summed E-state index contributed by atoms with van der Waals surface area (Å²) in [6.07, 6.45) is 1.68. The van der Waals surface area contributed by atoms with Gasteiger partial charge in [0.15, 0.2) is 11.0 Å². The molecule has 32 heavy (non-hydrogen) atoms. The predicted molar refractivity (Wildman–Crippen MR) is 123 cm³/mol. The summed E-state index contributed by atoms with van der Waals surface area (Å²) in [5, 5.41) is 15.0. The maximum absolute atomic E-state index is 13.0. The van der Waals surface area contributed by atoms with Crippen molar-refractivity contribution in [2.75, 3.05) is 11.1 Å². The largest absolute Gasteiger partial charge is 0.342 e. The Morgan fingerprint density at radius 2 is 1.88 bits per heavy atom. The second-order valence-corrected chi connectivity index (χ2v) is 8.16. The van der Waals surface area contributed by atoms with E-state index in [1.807, 2.05) is 0 Å². The molecule has 166 valence electrons. The maximum atomic E-state index is 13.0.